The van der Waals surface area contributed by atoms with Crippen LogP contribution in [0.2, 0.25) is 5.02 Å². The van der Waals surface area contributed by atoms with Crippen molar-refractivity contribution >= 4 is 40.9 Å². The molecule has 0 saturated carbocycles. The summed E-state index contributed by atoms with van der Waals surface area (Å²) in [5, 5.41) is 3.29. The predicted octanol–water partition coefficient (Wildman–Crippen LogP) is 3.66. The van der Waals surface area contributed by atoms with Crippen molar-refractivity contribution < 1.29 is 19.1 Å². The molecule has 1 aliphatic heterocycles. The zero-order valence-corrected chi connectivity index (χ0v) is 17.1. The van der Waals surface area contributed by atoms with Crippen LogP contribution >= 0.6 is 23.4 Å². The van der Waals surface area contributed by atoms with Crippen LogP contribution in [-0.4, -0.2) is 47.6 Å². The number of carbonyl (C=O) groups is 2. The van der Waals surface area contributed by atoms with Crippen LogP contribution in [0.15, 0.2) is 48.5 Å². The van der Waals surface area contributed by atoms with Gasteiger partial charge in [0.05, 0.1) is 18.0 Å². The molecule has 1 aliphatic rings. The van der Waals surface area contributed by atoms with Crippen LogP contribution < -0.4 is 14.8 Å². The molecular formula is C20H21ClN2O4S. The Labute approximate surface area is 173 Å². The third-order valence-corrected chi connectivity index (χ3v) is 5.64. The summed E-state index contributed by atoms with van der Waals surface area (Å²) in [6, 6.07) is 13.5. The largest absolute Gasteiger partial charge is 0.497 e. The number of ether oxygens (including phenoxy) is 2. The molecule has 6 nitrogen and oxygen atoms in total. The molecule has 2 aromatic carbocycles. The van der Waals surface area contributed by atoms with Gasteiger partial charge in [-0.25, -0.2) is 0 Å². The molecular weight excluding hydrogens is 400 g/mol. The number of carbonyl (C=O) groups excluding carboxylic acids is 2. The lowest BCUT2D eigenvalue weighted by atomic mass is 10.2. The summed E-state index contributed by atoms with van der Waals surface area (Å²) in [7, 11) is 1.58. The van der Waals surface area contributed by atoms with Gasteiger partial charge < -0.3 is 19.7 Å². The number of nitrogens with zero attached hydrogens (tertiary/aromatic N) is 1. The number of benzene rings is 2. The number of anilines is 1. The van der Waals surface area contributed by atoms with Crippen molar-refractivity contribution in [2.24, 2.45) is 0 Å². The van der Waals surface area contributed by atoms with Gasteiger partial charge in [0.2, 0.25) is 5.91 Å². The Balaban J connectivity index is 1.64. The lowest BCUT2D eigenvalue weighted by Gasteiger charge is -2.26. The first-order chi connectivity index (χ1) is 13.5. The standard InChI is InChI=1S/C20H21ClN2O4S/c1-13(27-18-6-4-3-5-16(18)21)20(25)23-12-28-11-17(23)19(24)22-14-7-9-15(26-2)10-8-14/h3-10,13,17H,11-12H2,1-2H3,(H,22,24). The highest BCUT2D eigenvalue weighted by Gasteiger charge is 2.37. The third kappa shape index (κ3) is 4.72. The van der Waals surface area contributed by atoms with E-state index in [2.05, 4.69) is 5.32 Å². The van der Waals surface area contributed by atoms with E-state index in [0.717, 1.165) is 0 Å². The van der Waals surface area contributed by atoms with E-state index in [1.165, 1.54) is 11.8 Å². The molecule has 28 heavy (non-hydrogen) atoms. The van der Waals surface area contributed by atoms with E-state index in [9.17, 15) is 9.59 Å². The molecule has 0 spiro atoms. The summed E-state index contributed by atoms with van der Waals surface area (Å²) in [5.41, 5.74) is 0.649. The van der Waals surface area contributed by atoms with E-state index in [0.29, 0.717) is 33.8 Å². The molecule has 8 heteroatoms. The molecule has 2 aromatic rings. The van der Waals surface area contributed by atoms with E-state index >= 15 is 0 Å². The van der Waals surface area contributed by atoms with Gasteiger partial charge in [0.1, 0.15) is 17.5 Å². The average molecular weight is 421 g/mol. The van der Waals surface area contributed by atoms with Gasteiger partial charge in [-0.1, -0.05) is 23.7 Å². The highest BCUT2D eigenvalue weighted by Crippen LogP contribution is 2.27. The molecule has 0 aliphatic carbocycles. The second-order valence-corrected chi connectivity index (χ2v) is 7.64. The van der Waals surface area contributed by atoms with Crippen LogP contribution in [0.3, 0.4) is 0 Å². The fourth-order valence-electron chi connectivity index (χ4n) is 2.79. The van der Waals surface area contributed by atoms with Crippen LogP contribution in [0.5, 0.6) is 11.5 Å². The van der Waals surface area contributed by atoms with Crippen molar-refractivity contribution in [3.63, 3.8) is 0 Å². The molecule has 2 unspecified atom stereocenters. The van der Waals surface area contributed by atoms with Crippen molar-refractivity contribution in [1.29, 1.82) is 0 Å². The third-order valence-electron chi connectivity index (χ3n) is 4.31. The van der Waals surface area contributed by atoms with E-state index in [1.807, 2.05) is 0 Å². The molecule has 148 valence electrons. The SMILES string of the molecule is COc1ccc(NC(=O)C2CSCN2C(=O)C(C)Oc2ccccc2Cl)cc1. The maximum Gasteiger partial charge on any atom is 0.264 e. The fourth-order valence-corrected chi connectivity index (χ4v) is 4.14. The first kappa shape index (κ1) is 20.4. The lowest BCUT2D eigenvalue weighted by Crippen LogP contribution is -2.48. The van der Waals surface area contributed by atoms with Crippen molar-refractivity contribution in [3.05, 3.63) is 53.6 Å². The number of thioether (sulfide) groups is 1. The second kappa shape index (κ2) is 9.21. The maximum absolute atomic E-state index is 12.9. The minimum atomic E-state index is -0.755. The van der Waals surface area contributed by atoms with Crippen LogP contribution in [-0.2, 0) is 9.59 Å². The molecule has 0 radical (unpaired) electrons. The van der Waals surface area contributed by atoms with Gasteiger partial charge in [-0.2, -0.15) is 0 Å². The Morgan fingerprint density at radius 1 is 1.21 bits per heavy atom. The quantitative estimate of drug-likeness (QED) is 0.772. The number of para-hydroxylation sites is 1. The number of rotatable bonds is 6. The molecule has 0 aromatic heterocycles. The second-order valence-electron chi connectivity index (χ2n) is 6.23. The maximum atomic E-state index is 12.9. The van der Waals surface area contributed by atoms with Crippen LogP contribution in [0.1, 0.15) is 6.92 Å². The zero-order valence-electron chi connectivity index (χ0n) is 15.6. The summed E-state index contributed by atoms with van der Waals surface area (Å²) in [4.78, 5) is 27.1. The number of hydrogen-bond donors (Lipinski definition) is 1. The topological polar surface area (TPSA) is 67.9 Å². The first-order valence-corrected chi connectivity index (χ1v) is 10.3. The average Bonchev–Trinajstić information content (AvgIpc) is 3.19. The van der Waals surface area contributed by atoms with E-state index in [4.69, 9.17) is 21.1 Å². The Kier molecular flexibility index (Phi) is 6.70. The predicted molar refractivity (Wildman–Crippen MR) is 111 cm³/mol. The Bertz CT molecular complexity index is 846. The molecule has 2 amide bonds. The fraction of sp³-hybridized carbons (Fsp3) is 0.300. The molecule has 0 bridgehead atoms. The molecule has 1 saturated heterocycles. The minimum absolute atomic E-state index is 0.228. The molecule has 1 N–H and O–H groups in total. The van der Waals surface area contributed by atoms with E-state index < -0.39 is 12.1 Å². The Morgan fingerprint density at radius 2 is 1.93 bits per heavy atom. The Morgan fingerprint density at radius 3 is 2.61 bits per heavy atom. The summed E-state index contributed by atoms with van der Waals surface area (Å²) in [6.45, 7) is 1.66. The van der Waals surface area contributed by atoms with Crippen molar-refractivity contribution in [2.75, 3.05) is 24.1 Å². The molecule has 3 rings (SSSR count). The monoisotopic (exact) mass is 420 g/mol. The summed E-state index contributed by atoms with van der Waals surface area (Å²) < 4.78 is 10.8. The van der Waals surface area contributed by atoms with Gasteiger partial charge >= 0.3 is 0 Å². The smallest absolute Gasteiger partial charge is 0.264 e. The first-order valence-electron chi connectivity index (χ1n) is 8.74. The van der Waals surface area contributed by atoms with Gasteiger partial charge in [-0.05, 0) is 43.3 Å². The van der Waals surface area contributed by atoms with Gasteiger partial charge in [0, 0.05) is 11.4 Å². The van der Waals surface area contributed by atoms with Gasteiger partial charge in [0.25, 0.3) is 5.91 Å². The normalized spacial score (nSPS) is 17.1. The highest BCUT2D eigenvalue weighted by molar-refractivity contribution is 7.99. The van der Waals surface area contributed by atoms with Crippen LogP contribution in [0.25, 0.3) is 0 Å². The van der Waals surface area contributed by atoms with Gasteiger partial charge in [0.15, 0.2) is 6.10 Å². The van der Waals surface area contributed by atoms with Crippen molar-refractivity contribution in [1.82, 2.24) is 4.90 Å². The van der Waals surface area contributed by atoms with Crippen LogP contribution in [0.4, 0.5) is 5.69 Å². The van der Waals surface area contributed by atoms with Crippen molar-refractivity contribution in [2.45, 2.75) is 19.1 Å². The zero-order chi connectivity index (χ0) is 20.1. The minimum Gasteiger partial charge on any atom is -0.497 e. The Hall–Kier alpha value is -2.38. The molecule has 1 fully saturated rings. The van der Waals surface area contributed by atoms with Crippen molar-refractivity contribution in [3.8, 4) is 11.5 Å². The summed E-state index contributed by atoms with van der Waals surface area (Å²) in [6.07, 6.45) is -0.755. The number of nitrogens with one attached hydrogen (secondary N) is 1. The number of methoxy groups -OCH3 is 1. The number of halogens is 1. The van der Waals surface area contributed by atoms with E-state index in [-0.39, 0.29) is 11.8 Å². The van der Waals surface area contributed by atoms with E-state index in [1.54, 1.807) is 67.5 Å². The van der Waals surface area contributed by atoms with Gasteiger partial charge in [-0.3, -0.25) is 9.59 Å². The summed E-state index contributed by atoms with van der Waals surface area (Å²) >= 11 is 7.63. The number of amides is 2. The van der Waals surface area contributed by atoms with Crippen LogP contribution in [0, 0.1) is 0 Å². The van der Waals surface area contributed by atoms with Gasteiger partial charge in [-0.15, -0.1) is 11.8 Å². The number of hydrogen-bond acceptors (Lipinski definition) is 5. The lowest BCUT2D eigenvalue weighted by molar-refractivity contribution is -0.141. The molecule has 1 heterocycles. The summed E-state index contributed by atoms with van der Waals surface area (Å²) in [5.74, 6) is 1.64. The molecule has 2 atom stereocenters. The highest BCUT2D eigenvalue weighted by atomic mass is 35.5.